The average Bonchev–Trinajstić information content (AvgIpc) is 2.30. The summed E-state index contributed by atoms with van der Waals surface area (Å²) in [5.41, 5.74) is 1.24. The molecule has 0 heterocycles. The number of benzene rings is 1. The summed E-state index contributed by atoms with van der Waals surface area (Å²) in [6.45, 7) is 7.26. The number of aryl methyl sites for hydroxylation is 1. The third-order valence-corrected chi connectivity index (χ3v) is 2.66. The molecule has 2 nitrogen and oxygen atoms in total. The van der Waals surface area contributed by atoms with Gasteiger partial charge in [-0.3, -0.25) is 0 Å². The maximum Gasteiger partial charge on any atom is 0.161 e. The van der Waals surface area contributed by atoms with Gasteiger partial charge in [0.2, 0.25) is 0 Å². The van der Waals surface area contributed by atoms with Gasteiger partial charge >= 0.3 is 0 Å². The lowest BCUT2D eigenvalue weighted by molar-refractivity contribution is 0.287. The van der Waals surface area contributed by atoms with Gasteiger partial charge in [0.25, 0.3) is 0 Å². The van der Waals surface area contributed by atoms with Crippen molar-refractivity contribution in [2.45, 2.75) is 39.0 Å². The Labute approximate surface area is 109 Å². The maximum absolute atomic E-state index is 5.95. The van der Waals surface area contributed by atoms with E-state index in [1.807, 2.05) is 32.9 Å². The van der Waals surface area contributed by atoms with E-state index in [4.69, 9.17) is 21.1 Å². The van der Waals surface area contributed by atoms with Crippen LogP contribution in [-0.2, 0) is 6.42 Å². The summed E-state index contributed by atoms with van der Waals surface area (Å²) in [5.74, 6) is 1.64. The predicted molar refractivity (Wildman–Crippen MR) is 72.4 cm³/mol. The Hall–Kier alpha value is -0.890. The highest BCUT2D eigenvalue weighted by Gasteiger charge is 2.06. The first-order valence-electron chi connectivity index (χ1n) is 6.20. The van der Waals surface area contributed by atoms with Gasteiger partial charge in [0.05, 0.1) is 13.2 Å². The molecule has 17 heavy (non-hydrogen) atoms. The molecule has 3 heteroatoms. The average molecular weight is 257 g/mol. The molecule has 0 aliphatic heterocycles. The second kappa shape index (κ2) is 7.44. The molecular weight excluding hydrogens is 236 g/mol. The lowest BCUT2D eigenvalue weighted by Gasteiger charge is -2.12. The monoisotopic (exact) mass is 256 g/mol. The first kappa shape index (κ1) is 14.2. The summed E-state index contributed by atoms with van der Waals surface area (Å²) in [6.07, 6.45) is 1.94. The van der Waals surface area contributed by atoms with E-state index < -0.39 is 0 Å². The summed E-state index contributed by atoms with van der Waals surface area (Å²) in [4.78, 5) is 0. The van der Waals surface area contributed by atoms with Gasteiger partial charge < -0.3 is 9.47 Å². The molecule has 96 valence electrons. The van der Waals surface area contributed by atoms with E-state index in [9.17, 15) is 0 Å². The Morgan fingerprint density at radius 2 is 1.76 bits per heavy atom. The fourth-order valence-electron chi connectivity index (χ4n) is 1.62. The van der Waals surface area contributed by atoms with Gasteiger partial charge in [0.15, 0.2) is 11.5 Å². The highest BCUT2D eigenvalue weighted by Crippen LogP contribution is 2.29. The van der Waals surface area contributed by atoms with Crippen molar-refractivity contribution >= 4 is 11.6 Å². The summed E-state index contributed by atoms with van der Waals surface area (Å²) in [6, 6.07) is 6.10. The zero-order valence-corrected chi connectivity index (χ0v) is 11.6. The van der Waals surface area contributed by atoms with E-state index in [2.05, 4.69) is 6.07 Å². The van der Waals surface area contributed by atoms with Gasteiger partial charge in [-0.1, -0.05) is 6.07 Å². The van der Waals surface area contributed by atoms with Crippen LogP contribution in [0, 0.1) is 0 Å². The number of hydrogen-bond acceptors (Lipinski definition) is 2. The molecule has 0 N–H and O–H groups in total. The fraction of sp³-hybridized carbons (Fsp3) is 0.571. The molecule has 0 bridgehead atoms. The van der Waals surface area contributed by atoms with Crippen LogP contribution in [-0.4, -0.2) is 18.6 Å². The highest BCUT2D eigenvalue weighted by molar-refractivity contribution is 6.20. The van der Waals surface area contributed by atoms with Crippen molar-refractivity contribution in [1.82, 2.24) is 0 Å². The topological polar surface area (TPSA) is 18.5 Å². The van der Waals surface area contributed by atoms with Crippen LogP contribution >= 0.6 is 11.6 Å². The molecule has 0 saturated carbocycles. The van der Waals surface area contributed by atoms with Crippen LogP contribution < -0.4 is 9.47 Å². The lowest BCUT2D eigenvalue weighted by atomic mass is 10.1. The maximum atomic E-state index is 5.95. The largest absolute Gasteiger partial charge is 0.490 e. The van der Waals surface area contributed by atoms with Gasteiger partial charge in [-0.05, 0) is 51.3 Å². The van der Waals surface area contributed by atoms with Gasteiger partial charge in [-0.15, -0.1) is 11.6 Å². The molecule has 1 atom stereocenters. The second-order valence-corrected chi connectivity index (χ2v) is 4.71. The smallest absolute Gasteiger partial charge is 0.161 e. The molecule has 1 aromatic carbocycles. The van der Waals surface area contributed by atoms with Crippen LogP contribution in [0.2, 0.25) is 0 Å². The minimum Gasteiger partial charge on any atom is -0.490 e. The van der Waals surface area contributed by atoms with Crippen molar-refractivity contribution in [1.29, 1.82) is 0 Å². The first-order valence-corrected chi connectivity index (χ1v) is 6.63. The highest BCUT2D eigenvalue weighted by atomic mass is 35.5. The molecule has 0 fully saturated rings. The van der Waals surface area contributed by atoms with E-state index in [0.29, 0.717) is 13.2 Å². The van der Waals surface area contributed by atoms with Gasteiger partial charge in [-0.25, -0.2) is 0 Å². The van der Waals surface area contributed by atoms with Crippen molar-refractivity contribution in [3.8, 4) is 11.5 Å². The molecule has 0 aromatic heterocycles. The lowest BCUT2D eigenvalue weighted by Crippen LogP contribution is -2.00. The summed E-state index contributed by atoms with van der Waals surface area (Å²) in [5, 5.41) is 0.206. The van der Waals surface area contributed by atoms with E-state index in [0.717, 1.165) is 24.3 Å². The van der Waals surface area contributed by atoms with Gasteiger partial charge in [0.1, 0.15) is 0 Å². The molecule has 1 rings (SSSR count). The van der Waals surface area contributed by atoms with Crippen LogP contribution in [0.1, 0.15) is 32.8 Å². The minimum atomic E-state index is 0.206. The molecule has 1 aromatic rings. The molecule has 0 aliphatic carbocycles. The summed E-state index contributed by atoms with van der Waals surface area (Å²) in [7, 11) is 0. The van der Waals surface area contributed by atoms with Gasteiger partial charge in [0, 0.05) is 5.38 Å². The fourth-order valence-corrected chi connectivity index (χ4v) is 1.73. The first-order chi connectivity index (χ1) is 8.17. The zero-order chi connectivity index (χ0) is 12.7. The van der Waals surface area contributed by atoms with Crippen molar-refractivity contribution in [3.05, 3.63) is 23.8 Å². The van der Waals surface area contributed by atoms with Gasteiger partial charge in [-0.2, -0.15) is 0 Å². The molecule has 0 amide bonds. The van der Waals surface area contributed by atoms with Crippen LogP contribution in [0.15, 0.2) is 18.2 Å². The Balaban J connectivity index is 2.77. The molecule has 0 saturated heterocycles. The van der Waals surface area contributed by atoms with Crippen LogP contribution in [0.25, 0.3) is 0 Å². The van der Waals surface area contributed by atoms with Crippen molar-refractivity contribution in [2.24, 2.45) is 0 Å². The Morgan fingerprint density at radius 1 is 1.12 bits per heavy atom. The molecule has 0 radical (unpaired) electrons. The quantitative estimate of drug-likeness (QED) is 0.686. The van der Waals surface area contributed by atoms with Crippen molar-refractivity contribution in [2.75, 3.05) is 13.2 Å². The SMILES string of the molecule is CCOc1ccc(CCC(C)Cl)cc1OCC. The Bertz CT molecular complexity index is 337. The molecule has 0 aliphatic rings. The zero-order valence-electron chi connectivity index (χ0n) is 10.8. The second-order valence-electron chi connectivity index (χ2n) is 3.97. The molecule has 0 spiro atoms. The van der Waals surface area contributed by atoms with Crippen LogP contribution in [0.3, 0.4) is 0 Å². The third-order valence-electron chi connectivity index (χ3n) is 2.44. The number of alkyl halides is 1. The van der Waals surface area contributed by atoms with E-state index in [1.54, 1.807) is 0 Å². The summed E-state index contributed by atoms with van der Waals surface area (Å²) >= 11 is 5.95. The summed E-state index contributed by atoms with van der Waals surface area (Å²) < 4.78 is 11.1. The Morgan fingerprint density at radius 3 is 2.35 bits per heavy atom. The predicted octanol–water partition coefficient (Wildman–Crippen LogP) is 4.04. The number of ether oxygens (including phenoxy) is 2. The Kier molecular flexibility index (Phi) is 6.20. The van der Waals surface area contributed by atoms with E-state index >= 15 is 0 Å². The third kappa shape index (κ3) is 4.86. The van der Waals surface area contributed by atoms with Crippen molar-refractivity contribution < 1.29 is 9.47 Å². The van der Waals surface area contributed by atoms with E-state index in [-0.39, 0.29) is 5.38 Å². The number of halogens is 1. The van der Waals surface area contributed by atoms with Crippen LogP contribution in [0.4, 0.5) is 0 Å². The molecule has 1 unspecified atom stereocenters. The van der Waals surface area contributed by atoms with E-state index in [1.165, 1.54) is 5.56 Å². The van der Waals surface area contributed by atoms with Crippen LogP contribution in [0.5, 0.6) is 11.5 Å². The number of rotatable bonds is 7. The number of hydrogen-bond donors (Lipinski definition) is 0. The minimum absolute atomic E-state index is 0.206. The standard InChI is InChI=1S/C14H21ClO2/c1-4-16-13-9-8-12(7-6-11(3)15)10-14(13)17-5-2/h8-11H,4-7H2,1-3H3. The van der Waals surface area contributed by atoms with Crippen molar-refractivity contribution in [3.63, 3.8) is 0 Å². The molecular formula is C14H21ClO2. The normalized spacial score (nSPS) is 12.2.